The van der Waals surface area contributed by atoms with Crippen LogP contribution in [0.5, 0.6) is 0 Å². The fourth-order valence-corrected chi connectivity index (χ4v) is 1.66. The van der Waals surface area contributed by atoms with Gasteiger partial charge in [0.15, 0.2) is 5.78 Å². The van der Waals surface area contributed by atoms with Gasteiger partial charge in [-0.25, -0.2) is 0 Å². The second-order valence-electron chi connectivity index (χ2n) is 4.53. The Morgan fingerprint density at radius 1 is 1.47 bits per heavy atom. The molecule has 0 saturated heterocycles. The first-order chi connectivity index (χ1) is 7.91. The molecule has 0 fully saturated rings. The molecule has 5 heteroatoms. The summed E-state index contributed by atoms with van der Waals surface area (Å²) < 4.78 is 1.60. The third-order valence-corrected chi connectivity index (χ3v) is 2.64. The lowest BCUT2D eigenvalue weighted by atomic mass is 10.0. The van der Waals surface area contributed by atoms with Gasteiger partial charge < -0.3 is 5.32 Å². The topological polar surface area (TPSA) is 64.0 Å². The minimum Gasteiger partial charge on any atom is -0.344 e. The summed E-state index contributed by atoms with van der Waals surface area (Å²) in [5, 5.41) is 6.76. The monoisotopic (exact) mass is 237 g/mol. The predicted octanol–water partition coefficient (Wildman–Crippen LogP) is 0.921. The Morgan fingerprint density at radius 3 is 2.53 bits per heavy atom. The summed E-state index contributed by atoms with van der Waals surface area (Å²) in [5.41, 5.74) is 0.920. The van der Waals surface area contributed by atoms with Crippen molar-refractivity contribution in [3.05, 3.63) is 18.0 Å². The summed E-state index contributed by atoms with van der Waals surface area (Å²) in [5.74, 6) is -0.119. The van der Waals surface area contributed by atoms with E-state index in [2.05, 4.69) is 10.4 Å². The van der Waals surface area contributed by atoms with Gasteiger partial charge in [0, 0.05) is 11.9 Å². The van der Waals surface area contributed by atoms with Crippen molar-refractivity contribution in [2.45, 2.75) is 40.3 Å². The summed E-state index contributed by atoms with van der Waals surface area (Å²) in [6.07, 6.45) is 1.65. The number of nitrogens with zero attached hydrogens (tertiary/aromatic N) is 2. The zero-order chi connectivity index (χ0) is 13.0. The lowest BCUT2D eigenvalue weighted by Crippen LogP contribution is -2.44. The largest absolute Gasteiger partial charge is 0.344 e. The van der Waals surface area contributed by atoms with Gasteiger partial charge in [-0.15, -0.1) is 0 Å². The first-order valence-electron chi connectivity index (χ1n) is 5.70. The normalized spacial score (nSPS) is 12.5. The van der Waals surface area contributed by atoms with Crippen molar-refractivity contribution >= 4 is 11.7 Å². The van der Waals surface area contributed by atoms with E-state index in [4.69, 9.17) is 0 Å². The number of hydrogen-bond donors (Lipinski definition) is 1. The molecular weight excluding hydrogens is 218 g/mol. The fourth-order valence-electron chi connectivity index (χ4n) is 1.66. The van der Waals surface area contributed by atoms with E-state index < -0.39 is 6.04 Å². The van der Waals surface area contributed by atoms with Crippen LogP contribution >= 0.6 is 0 Å². The van der Waals surface area contributed by atoms with E-state index in [1.165, 1.54) is 6.92 Å². The highest BCUT2D eigenvalue weighted by molar-refractivity contribution is 5.87. The van der Waals surface area contributed by atoms with Crippen LogP contribution in [0.2, 0.25) is 0 Å². The number of ketones is 1. The molecule has 1 amide bonds. The number of Topliss-reactive ketones (excluding diaryl/α,β-unsaturated/α-hetero) is 1. The molecule has 0 bridgehead atoms. The Hall–Kier alpha value is -1.65. The van der Waals surface area contributed by atoms with E-state index in [1.807, 2.05) is 26.8 Å². The van der Waals surface area contributed by atoms with Crippen molar-refractivity contribution in [2.24, 2.45) is 5.92 Å². The number of aromatic nitrogens is 2. The molecule has 0 radical (unpaired) electrons. The van der Waals surface area contributed by atoms with Gasteiger partial charge in [0.1, 0.15) is 6.54 Å². The van der Waals surface area contributed by atoms with Gasteiger partial charge in [0.05, 0.1) is 6.04 Å². The highest BCUT2D eigenvalue weighted by Crippen LogP contribution is 2.03. The Morgan fingerprint density at radius 2 is 2.12 bits per heavy atom. The first-order valence-corrected chi connectivity index (χ1v) is 5.70. The lowest BCUT2D eigenvalue weighted by Gasteiger charge is -2.19. The Kier molecular flexibility index (Phi) is 4.43. The third kappa shape index (κ3) is 3.69. The van der Waals surface area contributed by atoms with Gasteiger partial charge in [-0.05, 0) is 25.8 Å². The fraction of sp³-hybridized carbons (Fsp3) is 0.583. The number of hydrogen-bond acceptors (Lipinski definition) is 3. The first kappa shape index (κ1) is 13.4. The second-order valence-corrected chi connectivity index (χ2v) is 4.53. The number of amides is 1. The van der Waals surface area contributed by atoms with Crippen LogP contribution in [-0.2, 0) is 16.1 Å². The maximum Gasteiger partial charge on any atom is 0.242 e. The molecule has 1 rings (SSSR count). The van der Waals surface area contributed by atoms with E-state index in [0.29, 0.717) is 0 Å². The van der Waals surface area contributed by atoms with E-state index in [0.717, 1.165) is 5.69 Å². The van der Waals surface area contributed by atoms with E-state index in [-0.39, 0.29) is 24.2 Å². The van der Waals surface area contributed by atoms with Crippen LogP contribution in [0.15, 0.2) is 12.3 Å². The molecule has 17 heavy (non-hydrogen) atoms. The van der Waals surface area contributed by atoms with Gasteiger partial charge in [-0.2, -0.15) is 5.10 Å². The molecule has 1 aromatic rings. The lowest BCUT2D eigenvalue weighted by molar-refractivity contribution is -0.128. The number of nitrogens with one attached hydrogen (secondary N) is 1. The minimum atomic E-state index is -0.418. The molecule has 0 spiro atoms. The van der Waals surface area contributed by atoms with Crippen molar-refractivity contribution in [1.82, 2.24) is 15.1 Å². The maximum absolute atomic E-state index is 11.8. The van der Waals surface area contributed by atoms with Crippen molar-refractivity contribution in [3.8, 4) is 0 Å². The Balaban J connectivity index is 2.60. The van der Waals surface area contributed by atoms with Gasteiger partial charge >= 0.3 is 0 Å². The smallest absolute Gasteiger partial charge is 0.242 e. The molecule has 1 heterocycles. The van der Waals surface area contributed by atoms with Gasteiger partial charge in [0.25, 0.3) is 0 Å². The van der Waals surface area contributed by atoms with Gasteiger partial charge in [0.2, 0.25) is 5.91 Å². The molecule has 5 nitrogen and oxygen atoms in total. The third-order valence-electron chi connectivity index (χ3n) is 2.64. The molecule has 0 aliphatic heterocycles. The molecule has 0 aliphatic carbocycles. The number of aryl methyl sites for hydroxylation is 1. The highest BCUT2D eigenvalue weighted by atomic mass is 16.2. The number of carbonyl (C=O) groups excluding carboxylic acids is 2. The van der Waals surface area contributed by atoms with Crippen LogP contribution in [0.3, 0.4) is 0 Å². The summed E-state index contributed by atoms with van der Waals surface area (Å²) >= 11 is 0. The summed E-state index contributed by atoms with van der Waals surface area (Å²) in [6, 6.07) is 1.41. The zero-order valence-electron chi connectivity index (χ0n) is 10.7. The number of rotatable bonds is 5. The summed E-state index contributed by atoms with van der Waals surface area (Å²) in [4.78, 5) is 23.1. The predicted molar refractivity (Wildman–Crippen MR) is 64.4 cm³/mol. The molecule has 1 aromatic heterocycles. The zero-order valence-corrected chi connectivity index (χ0v) is 10.7. The Labute approximate surface area is 101 Å². The SMILES string of the molecule is CC(=O)C(NC(=O)Cn1nccc1C)C(C)C. The molecule has 0 saturated carbocycles. The molecule has 1 unspecified atom stereocenters. The number of carbonyl (C=O) groups is 2. The van der Waals surface area contributed by atoms with Crippen molar-refractivity contribution < 1.29 is 9.59 Å². The highest BCUT2D eigenvalue weighted by Gasteiger charge is 2.20. The Bertz CT molecular complexity index is 410. The van der Waals surface area contributed by atoms with Crippen LogP contribution in [-0.4, -0.2) is 27.5 Å². The average Bonchev–Trinajstić information content (AvgIpc) is 2.60. The average molecular weight is 237 g/mol. The molecule has 0 aromatic carbocycles. The standard InChI is InChI=1S/C12H19N3O2/c1-8(2)12(10(4)16)14-11(17)7-15-9(3)5-6-13-15/h5-6,8,12H,7H2,1-4H3,(H,14,17). The van der Waals surface area contributed by atoms with Crippen LogP contribution < -0.4 is 5.32 Å². The van der Waals surface area contributed by atoms with Crippen LogP contribution in [0, 0.1) is 12.8 Å². The van der Waals surface area contributed by atoms with Crippen LogP contribution in [0.25, 0.3) is 0 Å². The molecule has 1 atom stereocenters. The quantitative estimate of drug-likeness (QED) is 0.828. The minimum absolute atomic E-state index is 0.0227. The van der Waals surface area contributed by atoms with Crippen molar-refractivity contribution in [3.63, 3.8) is 0 Å². The summed E-state index contributed by atoms with van der Waals surface area (Å²) in [6.45, 7) is 7.33. The van der Waals surface area contributed by atoms with Crippen molar-refractivity contribution in [2.75, 3.05) is 0 Å². The van der Waals surface area contributed by atoms with Gasteiger partial charge in [-0.1, -0.05) is 13.8 Å². The second kappa shape index (κ2) is 5.61. The van der Waals surface area contributed by atoms with E-state index in [9.17, 15) is 9.59 Å². The van der Waals surface area contributed by atoms with E-state index >= 15 is 0 Å². The molecule has 94 valence electrons. The van der Waals surface area contributed by atoms with E-state index in [1.54, 1.807) is 10.9 Å². The summed E-state index contributed by atoms with van der Waals surface area (Å²) in [7, 11) is 0. The van der Waals surface area contributed by atoms with Crippen molar-refractivity contribution in [1.29, 1.82) is 0 Å². The maximum atomic E-state index is 11.8. The van der Waals surface area contributed by atoms with Gasteiger partial charge in [-0.3, -0.25) is 14.3 Å². The molecule has 0 aliphatic rings. The molecule has 1 N–H and O–H groups in total. The molecular formula is C12H19N3O2. The van der Waals surface area contributed by atoms with Crippen LogP contribution in [0.4, 0.5) is 0 Å². The van der Waals surface area contributed by atoms with Crippen LogP contribution in [0.1, 0.15) is 26.5 Å².